The van der Waals surface area contributed by atoms with Crippen molar-refractivity contribution in [1.82, 2.24) is 4.72 Å². The highest BCUT2D eigenvalue weighted by molar-refractivity contribution is 7.89. The maximum atomic E-state index is 12.3. The smallest absolute Gasteiger partial charge is 0.240 e. The molecule has 1 N–H and O–H groups in total. The molecule has 21 heavy (non-hydrogen) atoms. The molecule has 0 aliphatic carbocycles. The largest absolute Gasteiger partial charge is 0.294 e. The Kier molecular flexibility index (Phi) is 6.55. The first-order chi connectivity index (χ1) is 9.79. The van der Waals surface area contributed by atoms with Crippen LogP contribution in [0.3, 0.4) is 0 Å². The molecule has 5 heteroatoms. The molecule has 0 heterocycles. The number of unbranched alkanes of at least 4 members (excludes halogenated alkanes) is 2. The molecule has 0 unspecified atom stereocenters. The van der Waals surface area contributed by atoms with Gasteiger partial charge in [0.2, 0.25) is 10.0 Å². The van der Waals surface area contributed by atoms with Crippen molar-refractivity contribution in [2.75, 3.05) is 6.54 Å². The highest BCUT2D eigenvalue weighted by Gasteiger charge is 2.19. The molecule has 0 atom stereocenters. The minimum Gasteiger partial charge on any atom is -0.294 e. The number of hydrogen-bond donors (Lipinski definition) is 1. The van der Waals surface area contributed by atoms with E-state index < -0.39 is 10.0 Å². The SMILES string of the molecule is CCCCCNS(=O)(=O)c1cc(C(=O)C(C)C)ccc1C. The van der Waals surface area contributed by atoms with Gasteiger partial charge in [-0.2, -0.15) is 0 Å². The topological polar surface area (TPSA) is 63.2 Å². The zero-order valence-corrected chi connectivity index (χ0v) is 14.1. The van der Waals surface area contributed by atoms with Crippen molar-refractivity contribution in [2.24, 2.45) is 5.92 Å². The Labute approximate surface area is 128 Å². The lowest BCUT2D eigenvalue weighted by atomic mass is 10.0. The number of carbonyl (C=O) groups is 1. The Morgan fingerprint density at radius 2 is 1.90 bits per heavy atom. The van der Waals surface area contributed by atoms with Gasteiger partial charge in [-0.25, -0.2) is 13.1 Å². The van der Waals surface area contributed by atoms with Gasteiger partial charge >= 0.3 is 0 Å². The first-order valence-electron chi connectivity index (χ1n) is 7.44. The summed E-state index contributed by atoms with van der Waals surface area (Å²) in [7, 11) is -3.56. The van der Waals surface area contributed by atoms with Gasteiger partial charge in [-0.1, -0.05) is 45.7 Å². The van der Waals surface area contributed by atoms with Crippen molar-refractivity contribution in [3.8, 4) is 0 Å². The highest BCUT2D eigenvalue weighted by Crippen LogP contribution is 2.19. The molecule has 0 aromatic heterocycles. The lowest BCUT2D eigenvalue weighted by molar-refractivity contribution is 0.0939. The number of aryl methyl sites for hydroxylation is 1. The summed E-state index contributed by atoms with van der Waals surface area (Å²) in [6.07, 6.45) is 2.85. The maximum Gasteiger partial charge on any atom is 0.240 e. The van der Waals surface area contributed by atoms with E-state index in [1.807, 2.05) is 0 Å². The number of Topliss-reactive ketones (excluding diaryl/α,β-unsaturated/α-hetero) is 1. The monoisotopic (exact) mass is 311 g/mol. The fourth-order valence-electron chi connectivity index (χ4n) is 2.04. The van der Waals surface area contributed by atoms with Crippen LogP contribution in [0.15, 0.2) is 23.1 Å². The van der Waals surface area contributed by atoms with Crippen LogP contribution in [-0.4, -0.2) is 20.7 Å². The van der Waals surface area contributed by atoms with E-state index in [4.69, 9.17) is 0 Å². The van der Waals surface area contributed by atoms with Crippen molar-refractivity contribution < 1.29 is 13.2 Å². The molecule has 1 aromatic carbocycles. The standard InChI is InChI=1S/C16H25NO3S/c1-5-6-7-10-17-21(19,20)15-11-14(9-8-13(15)4)16(18)12(2)3/h8-9,11-12,17H,5-7,10H2,1-4H3. The van der Waals surface area contributed by atoms with Crippen LogP contribution < -0.4 is 4.72 Å². The maximum absolute atomic E-state index is 12.3. The number of nitrogens with one attached hydrogen (secondary N) is 1. The van der Waals surface area contributed by atoms with Gasteiger partial charge in [-0.3, -0.25) is 4.79 Å². The molecule has 4 nitrogen and oxygen atoms in total. The number of ketones is 1. The van der Waals surface area contributed by atoms with Crippen LogP contribution in [0.4, 0.5) is 0 Å². The molecule has 0 spiro atoms. The lowest BCUT2D eigenvalue weighted by Gasteiger charge is -2.11. The van der Waals surface area contributed by atoms with Crippen LogP contribution in [-0.2, 0) is 10.0 Å². The lowest BCUT2D eigenvalue weighted by Crippen LogP contribution is -2.26. The first-order valence-corrected chi connectivity index (χ1v) is 8.92. The number of rotatable bonds is 8. The Hall–Kier alpha value is -1.20. The zero-order valence-electron chi connectivity index (χ0n) is 13.3. The Balaban J connectivity index is 3.00. The minimum absolute atomic E-state index is 0.0440. The molecule has 0 aliphatic heterocycles. The average Bonchev–Trinajstić information content (AvgIpc) is 2.43. The molecule has 0 aliphatic rings. The molecule has 0 fully saturated rings. The van der Waals surface area contributed by atoms with E-state index in [-0.39, 0.29) is 16.6 Å². The summed E-state index contributed by atoms with van der Waals surface area (Å²) in [6, 6.07) is 4.86. The third-order valence-corrected chi connectivity index (χ3v) is 4.96. The fourth-order valence-corrected chi connectivity index (χ4v) is 3.38. The fraction of sp³-hybridized carbons (Fsp3) is 0.562. The predicted octanol–water partition coefficient (Wildman–Crippen LogP) is 3.30. The Bertz CT molecular complexity index is 592. The van der Waals surface area contributed by atoms with E-state index in [0.717, 1.165) is 19.3 Å². The van der Waals surface area contributed by atoms with E-state index in [1.165, 1.54) is 6.07 Å². The van der Waals surface area contributed by atoms with Crippen molar-refractivity contribution in [3.63, 3.8) is 0 Å². The molecule has 0 amide bonds. The average molecular weight is 311 g/mol. The number of sulfonamides is 1. The number of hydrogen-bond acceptors (Lipinski definition) is 3. The van der Waals surface area contributed by atoms with Crippen LogP contribution >= 0.6 is 0 Å². The van der Waals surface area contributed by atoms with Gasteiger partial charge in [-0.05, 0) is 25.0 Å². The van der Waals surface area contributed by atoms with Gasteiger partial charge in [0.25, 0.3) is 0 Å². The predicted molar refractivity (Wildman–Crippen MR) is 85.1 cm³/mol. The van der Waals surface area contributed by atoms with Crippen molar-refractivity contribution in [2.45, 2.75) is 51.9 Å². The molecule has 1 aromatic rings. The molecule has 1 rings (SSSR count). The Morgan fingerprint density at radius 3 is 2.48 bits per heavy atom. The number of carbonyl (C=O) groups excluding carboxylic acids is 1. The van der Waals surface area contributed by atoms with E-state index in [1.54, 1.807) is 32.9 Å². The summed E-state index contributed by atoms with van der Waals surface area (Å²) in [4.78, 5) is 12.2. The molecular formula is C16H25NO3S. The van der Waals surface area contributed by atoms with E-state index in [9.17, 15) is 13.2 Å². The molecular weight excluding hydrogens is 286 g/mol. The second kappa shape index (κ2) is 7.71. The molecule has 0 saturated heterocycles. The van der Waals surface area contributed by atoms with Crippen LogP contribution in [0.5, 0.6) is 0 Å². The van der Waals surface area contributed by atoms with Crippen LogP contribution in [0.25, 0.3) is 0 Å². The summed E-state index contributed by atoms with van der Waals surface area (Å²) < 4.78 is 27.3. The second-order valence-corrected chi connectivity index (χ2v) is 7.34. The van der Waals surface area contributed by atoms with Gasteiger partial charge in [0, 0.05) is 18.0 Å². The number of benzene rings is 1. The normalized spacial score (nSPS) is 11.9. The van der Waals surface area contributed by atoms with Gasteiger partial charge in [-0.15, -0.1) is 0 Å². The third-order valence-electron chi connectivity index (χ3n) is 3.36. The minimum atomic E-state index is -3.56. The van der Waals surface area contributed by atoms with Crippen molar-refractivity contribution >= 4 is 15.8 Å². The second-order valence-electron chi connectivity index (χ2n) is 5.60. The summed E-state index contributed by atoms with van der Waals surface area (Å²) in [5.74, 6) is -0.196. The summed E-state index contributed by atoms with van der Waals surface area (Å²) in [5, 5.41) is 0. The van der Waals surface area contributed by atoms with Gasteiger partial charge in [0.1, 0.15) is 0 Å². The van der Waals surface area contributed by atoms with E-state index in [2.05, 4.69) is 11.6 Å². The van der Waals surface area contributed by atoms with E-state index in [0.29, 0.717) is 17.7 Å². The molecule has 0 radical (unpaired) electrons. The summed E-state index contributed by atoms with van der Waals surface area (Å²) >= 11 is 0. The molecule has 118 valence electrons. The van der Waals surface area contributed by atoms with Crippen molar-refractivity contribution in [1.29, 1.82) is 0 Å². The first kappa shape index (κ1) is 17.9. The summed E-state index contributed by atoms with van der Waals surface area (Å²) in [5.41, 5.74) is 1.10. The molecule has 0 bridgehead atoms. The van der Waals surface area contributed by atoms with Crippen LogP contribution in [0.1, 0.15) is 56.0 Å². The summed E-state index contributed by atoms with van der Waals surface area (Å²) in [6.45, 7) is 7.85. The highest BCUT2D eigenvalue weighted by atomic mass is 32.2. The third kappa shape index (κ3) is 4.93. The molecule has 0 saturated carbocycles. The quantitative estimate of drug-likeness (QED) is 0.592. The zero-order chi connectivity index (χ0) is 16.0. The van der Waals surface area contributed by atoms with Crippen LogP contribution in [0.2, 0.25) is 0 Å². The van der Waals surface area contributed by atoms with E-state index >= 15 is 0 Å². The van der Waals surface area contributed by atoms with Gasteiger partial charge in [0.15, 0.2) is 5.78 Å². The van der Waals surface area contributed by atoms with Crippen LogP contribution in [0, 0.1) is 12.8 Å². The van der Waals surface area contributed by atoms with Gasteiger partial charge < -0.3 is 0 Å². The van der Waals surface area contributed by atoms with Crippen molar-refractivity contribution in [3.05, 3.63) is 29.3 Å². The van der Waals surface area contributed by atoms with Gasteiger partial charge in [0.05, 0.1) is 4.90 Å². The Morgan fingerprint density at radius 1 is 1.24 bits per heavy atom.